The lowest BCUT2D eigenvalue weighted by molar-refractivity contribution is 0.216. The minimum absolute atomic E-state index is 1.02. The van der Waals surface area contributed by atoms with Gasteiger partial charge in [-0.2, -0.15) is 0 Å². The topological polar surface area (TPSA) is 18.8 Å². The van der Waals surface area contributed by atoms with E-state index >= 15 is 0 Å². The van der Waals surface area contributed by atoms with Crippen molar-refractivity contribution < 1.29 is 0 Å². The first kappa shape index (κ1) is 14.3. The van der Waals surface area contributed by atoms with Gasteiger partial charge < -0.3 is 9.80 Å². The minimum Gasteiger partial charge on any atom is -0.354 e. The van der Waals surface area contributed by atoms with Crippen LogP contribution in [-0.2, 0) is 0 Å². The Balaban J connectivity index is 1.93. The highest BCUT2D eigenvalue weighted by atomic mass is 32.1. The number of nitrogens with zero attached hydrogens (tertiary/aromatic N) is 3. The standard InChI is InChI=1S/C17H21N3S/c1-14-12-15(13-21-14)17(18-16-6-4-3-5-7-16)20-10-8-19(2)9-11-20/h3-7,12-13H,8-11H2,1-2H3/b18-17+. The fourth-order valence-electron chi connectivity index (χ4n) is 2.52. The van der Waals surface area contributed by atoms with Crippen molar-refractivity contribution in [3.63, 3.8) is 0 Å². The molecular formula is C17H21N3S. The van der Waals surface area contributed by atoms with Gasteiger partial charge in [0.1, 0.15) is 5.84 Å². The Labute approximate surface area is 130 Å². The van der Waals surface area contributed by atoms with E-state index < -0.39 is 0 Å². The first-order valence-electron chi connectivity index (χ1n) is 7.35. The van der Waals surface area contributed by atoms with Crippen LogP contribution in [0.2, 0.25) is 0 Å². The van der Waals surface area contributed by atoms with Crippen LogP contribution in [0.3, 0.4) is 0 Å². The summed E-state index contributed by atoms with van der Waals surface area (Å²) in [5.74, 6) is 1.11. The number of hydrogen-bond acceptors (Lipinski definition) is 3. The Morgan fingerprint density at radius 3 is 2.43 bits per heavy atom. The summed E-state index contributed by atoms with van der Waals surface area (Å²) in [6.07, 6.45) is 0. The summed E-state index contributed by atoms with van der Waals surface area (Å²) < 4.78 is 0. The number of aryl methyl sites for hydroxylation is 1. The van der Waals surface area contributed by atoms with Crippen LogP contribution in [0, 0.1) is 6.92 Å². The number of benzene rings is 1. The second-order valence-corrected chi connectivity index (χ2v) is 6.62. The fraction of sp³-hybridized carbons (Fsp3) is 0.353. The highest BCUT2D eigenvalue weighted by molar-refractivity contribution is 7.10. The second kappa shape index (κ2) is 6.41. The van der Waals surface area contributed by atoms with Gasteiger partial charge in [-0.15, -0.1) is 11.3 Å². The number of amidine groups is 1. The van der Waals surface area contributed by atoms with E-state index in [1.807, 2.05) is 18.2 Å². The van der Waals surface area contributed by atoms with Crippen LogP contribution in [0.15, 0.2) is 46.8 Å². The van der Waals surface area contributed by atoms with Crippen molar-refractivity contribution >= 4 is 22.9 Å². The van der Waals surface area contributed by atoms with Gasteiger partial charge in [-0.05, 0) is 32.2 Å². The molecule has 0 radical (unpaired) electrons. The maximum absolute atomic E-state index is 4.92. The second-order valence-electron chi connectivity index (χ2n) is 5.51. The van der Waals surface area contributed by atoms with Crippen LogP contribution < -0.4 is 0 Å². The van der Waals surface area contributed by atoms with Crippen LogP contribution in [-0.4, -0.2) is 48.9 Å². The summed E-state index contributed by atoms with van der Waals surface area (Å²) >= 11 is 1.79. The molecule has 0 atom stereocenters. The Morgan fingerprint density at radius 2 is 1.81 bits per heavy atom. The highest BCUT2D eigenvalue weighted by Gasteiger charge is 2.19. The molecule has 0 bridgehead atoms. The van der Waals surface area contributed by atoms with Crippen molar-refractivity contribution in [2.24, 2.45) is 4.99 Å². The summed E-state index contributed by atoms with van der Waals surface area (Å²) in [6, 6.07) is 12.5. The van der Waals surface area contributed by atoms with Crippen molar-refractivity contribution in [2.75, 3.05) is 33.2 Å². The van der Waals surface area contributed by atoms with Gasteiger partial charge in [0.05, 0.1) is 5.69 Å². The maximum atomic E-state index is 4.92. The SMILES string of the molecule is Cc1cc(/C(=N\c2ccccc2)N2CCN(C)CC2)cs1. The van der Waals surface area contributed by atoms with Crippen molar-refractivity contribution in [3.05, 3.63) is 52.2 Å². The Hall–Kier alpha value is -1.65. The number of para-hydroxylation sites is 1. The average Bonchev–Trinajstić information content (AvgIpc) is 2.93. The summed E-state index contributed by atoms with van der Waals surface area (Å²) in [4.78, 5) is 11.0. The maximum Gasteiger partial charge on any atom is 0.137 e. The molecule has 21 heavy (non-hydrogen) atoms. The molecule has 3 rings (SSSR count). The fourth-order valence-corrected chi connectivity index (χ4v) is 3.20. The molecule has 0 aliphatic carbocycles. The van der Waals surface area contributed by atoms with Crippen molar-refractivity contribution in [1.82, 2.24) is 9.80 Å². The van der Waals surface area contributed by atoms with Gasteiger partial charge in [-0.3, -0.25) is 0 Å². The number of thiophene rings is 1. The highest BCUT2D eigenvalue weighted by Crippen LogP contribution is 2.20. The van der Waals surface area contributed by atoms with Gasteiger partial charge in [-0.25, -0.2) is 4.99 Å². The van der Waals surface area contributed by atoms with Gasteiger partial charge in [0.25, 0.3) is 0 Å². The molecule has 0 saturated carbocycles. The molecule has 1 aliphatic heterocycles. The summed E-state index contributed by atoms with van der Waals surface area (Å²) in [6.45, 7) is 6.42. The molecule has 110 valence electrons. The van der Waals surface area contributed by atoms with Crippen LogP contribution in [0.4, 0.5) is 5.69 Å². The smallest absolute Gasteiger partial charge is 0.137 e. The van der Waals surface area contributed by atoms with E-state index in [1.54, 1.807) is 11.3 Å². The molecule has 3 nitrogen and oxygen atoms in total. The molecule has 0 spiro atoms. The van der Waals surface area contributed by atoms with E-state index in [4.69, 9.17) is 4.99 Å². The van der Waals surface area contributed by atoms with Gasteiger partial charge in [0, 0.05) is 42.0 Å². The molecule has 1 aromatic heterocycles. The zero-order valence-electron chi connectivity index (χ0n) is 12.6. The lowest BCUT2D eigenvalue weighted by Gasteiger charge is -2.34. The Morgan fingerprint density at radius 1 is 1.10 bits per heavy atom. The largest absolute Gasteiger partial charge is 0.354 e. The molecule has 0 amide bonds. The van der Waals surface area contributed by atoms with Crippen LogP contribution >= 0.6 is 11.3 Å². The van der Waals surface area contributed by atoms with E-state index in [2.05, 4.69) is 47.4 Å². The lowest BCUT2D eigenvalue weighted by Crippen LogP contribution is -2.47. The molecule has 1 fully saturated rings. The Kier molecular flexibility index (Phi) is 4.36. The van der Waals surface area contributed by atoms with Crippen molar-refractivity contribution in [2.45, 2.75) is 6.92 Å². The molecule has 1 aromatic carbocycles. The zero-order chi connectivity index (χ0) is 14.7. The molecule has 0 unspecified atom stereocenters. The van der Waals surface area contributed by atoms with Crippen LogP contribution in [0.25, 0.3) is 0 Å². The number of aliphatic imine (C=N–C) groups is 1. The van der Waals surface area contributed by atoms with Crippen molar-refractivity contribution in [3.8, 4) is 0 Å². The summed E-state index contributed by atoms with van der Waals surface area (Å²) in [5.41, 5.74) is 2.26. The normalized spacial score (nSPS) is 17.2. The Bertz CT molecular complexity index is 610. The predicted molar refractivity (Wildman–Crippen MR) is 90.8 cm³/mol. The lowest BCUT2D eigenvalue weighted by atomic mass is 10.2. The first-order valence-corrected chi connectivity index (χ1v) is 8.23. The third-order valence-corrected chi connectivity index (χ3v) is 4.64. The molecular weight excluding hydrogens is 278 g/mol. The van der Waals surface area contributed by atoms with Gasteiger partial charge in [-0.1, -0.05) is 18.2 Å². The molecule has 1 aliphatic rings. The predicted octanol–water partition coefficient (Wildman–Crippen LogP) is 3.38. The third-order valence-electron chi connectivity index (χ3n) is 3.78. The number of likely N-dealkylation sites (N-methyl/N-ethyl adjacent to an activating group) is 1. The van der Waals surface area contributed by atoms with E-state index in [1.165, 1.54) is 10.4 Å². The van der Waals surface area contributed by atoms with Gasteiger partial charge in [0.15, 0.2) is 0 Å². The van der Waals surface area contributed by atoms with Crippen molar-refractivity contribution in [1.29, 1.82) is 0 Å². The number of piperazine rings is 1. The van der Waals surface area contributed by atoms with Gasteiger partial charge in [0.2, 0.25) is 0 Å². The number of hydrogen-bond donors (Lipinski definition) is 0. The monoisotopic (exact) mass is 299 g/mol. The molecule has 2 heterocycles. The zero-order valence-corrected chi connectivity index (χ0v) is 13.4. The molecule has 4 heteroatoms. The van der Waals surface area contributed by atoms with Gasteiger partial charge >= 0.3 is 0 Å². The van der Waals surface area contributed by atoms with E-state index in [0.29, 0.717) is 0 Å². The molecule has 2 aromatic rings. The van der Waals surface area contributed by atoms with Crippen LogP contribution in [0.1, 0.15) is 10.4 Å². The van der Waals surface area contributed by atoms with E-state index in [-0.39, 0.29) is 0 Å². The van der Waals surface area contributed by atoms with E-state index in [9.17, 15) is 0 Å². The summed E-state index contributed by atoms with van der Waals surface area (Å²) in [7, 11) is 2.18. The van der Waals surface area contributed by atoms with Crippen LogP contribution in [0.5, 0.6) is 0 Å². The summed E-state index contributed by atoms with van der Waals surface area (Å²) in [5, 5.41) is 2.22. The third kappa shape index (κ3) is 3.52. The first-order chi connectivity index (χ1) is 10.2. The minimum atomic E-state index is 1.02. The quantitative estimate of drug-likeness (QED) is 0.625. The molecule has 0 N–H and O–H groups in total. The number of rotatable bonds is 2. The van der Waals surface area contributed by atoms with E-state index in [0.717, 1.165) is 37.7 Å². The average molecular weight is 299 g/mol. The molecule has 1 saturated heterocycles.